The minimum Gasteiger partial charge on any atom is -0.385 e. The Bertz CT molecular complexity index is 1170. The predicted octanol–water partition coefficient (Wildman–Crippen LogP) is 2.71. The van der Waals surface area contributed by atoms with Crippen molar-refractivity contribution >= 4 is 67.5 Å². The highest BCUT2D eigenvalue weighted by molar-refractivity contribution is 7.89. The lowest BCUT2D eigenvalue weighted by atomic mass is 10.3. The topological polar surface area (TPSA) is 106 Å². The summed E-state index contributed by atoms with van der Waals surface area (Å²) >= 11 is 17.9. The highest BCUT2D eigenvalue weighted by atomic mass is 35.5. The summed E-state index contributed by atoms with van der Waals surface area (Å²) in [7, 11) is -0.819. The first kappa shape index (κ1) is 21.6. The monoisotopic (exact) mass is 477 g/mol. The number of aromatic nitrogens is 3. The van der Waals surface area contributed by atoms with Gasteiger partial charge in [-0.05, 0) is 35.5 Å². The summed E-state index contributed by atoms with van der Waals surface area (Å²) in [5.41, 5.74) is 0.865. The van der Waals surface area contributed by atoms with E-state index >= 15 is 0 Å². The zero-order valence-electron chi connectivity index (χ0n) is 15.1. The van der Waals surface area contributed by atoms with Crippen LogP contribution in [0.25, 0.3) is 11.0 Å². The summed E-state index contributed by atoms with van der Waals surface area (Å²) in [4.78, 5) is 18.5. The summed E-state index contributed by atoms with van der Waals surface area (Å²) in [5.74, 6) is -0.572. The van der Waals surface area contributed by atoms with Crippen molar-refractivity contribution in [3.8, 4) is 0 Å². The molecule has 0 unspecified atom stereocenters. The van der Waals surface area contributed by atoms with Crippen LogP contribution in [0.1, 0.15) is 0 Å². The van der Waals surface area contributed by atoms with Gasteiger partial charge in [0.1, 0.15) is 11.0 Å². The van der Waals surface area contributed by atoms with Crippen LogP contribution < -0.4 is 10.2 Å². The molecule has 0 saturated carbocycles. The minimum absolute atomic E-state index is 0.0336. The second-order valence-electron chi connectivity index (χ2n) is 5.97. The Labute approximate surface area is 181 Å². The molecule has 13 heteroatoms. The van der Waals surface area contributed by atoms with Gasteiger partial charge in [0.15, 0.2) is 6.61 Å². The van der Waals surface area contributed by atoms with Crippen molar-refractivity contribution in [2.45, 2.75) is 4.90 Å². The van der Waals surface area contributed by atoms with Crippen molar-refractivity contribution in [1.29, 1.82) is 0 Å². The maximum atomic E-state index is 12.3. The fourth-order valence-electron chi connectivity index (χ4n) is 2.30. The van der Waals surface area contributed by atoms with E-state index in [9.17, 15) is 13.2 Å². The number of nitrogens with one attached hydrogen (secondary N) is 1. The highest BCUT2D eigenvalue weighted by Gasteiger charge is 2.20. The maximum absolute atomic E-state index is 12.3. The molecule has 29 heavy (non-hydrogen) atoms. The molecule has 0 aliphatic carbocycles. The molecule has 1 N–H and O–H groups in total. The average Bonchev–Trinajstić information content (AvgIpc) is 3.05. The second-order valence-corrected chi connectivity index (χ2v) is 9.37. The van der Waals surface area contributed by atoms with Gasteiger partial charge in [0, 0.05) is 19.1 Å². The molecule has 3 rings (SSSR count). The molecule has 1 amide bonds. The van der Waals surface area contributed by atoms with E-state index in [1.54, 1.807) is 0 Å². The Kier molecular flexibility index (Phi) is 6.20. The van der Waals surface area contributed by atoms with E-state index < -0.39 is 22.5 Å². The van der Waals surface area contributed by atoms with Gasteiger partial charge in [-0.25, -0.2) is 12.7 Å². The molecule has 9 nitrogen and oxygen atoms in total. The fraction of sp³-hybridized carbons (Fsp3) is 0.188. The molecular weight excluding hydrogens is 465 g/mol. The molecule has 0 bridgehead atoms. The Hall–Kier alpha value is -2.11. The summed E-state index contributed by atoms with van der Waals surface area (Å²) in [6.45, 7) is -0.460. The smallest absolute Gasteiger partial charge is 0.265 e. The van der Waals surface area contributed by atoms with Crippen LogP contribution in [0, 0.1) is 0 Å². The number of halogens is 3. The van der Waals surface area contributed by atoms with E-state index in [4.69, 9.17) is 39.6 Å². The van der Waals surface area contributed by atoms with Gasteiger partial charge in [-0.3, -0.25) is 4.79 Å². The van der Waals surface area contributed by atoms with Crippen LogP contribution in [-0.2, 0) is 14.8 Å². The third-order valence-electron chi connectivity index (χ3n) is 3.75. The fourth-order valence-corrected chi connectivity index (χ4v) is 4.14. The Balaban J connectivity index is 1.78. The summed E-state index contributed by atoms with van der Waals surface area (Å²) in [6, 6.07) is 7.13. The molecule has 0 spiro atoms. The van der Waals surface area contributed by atoms with Gasteiger partial charge >= 0.3 is 0 Å². The van der Waals surface area contributed by atoms with E-state index in [1.165, 1.54) is 44.4 Å². The predicted molar refractivity (Wildman–Crippen MR) is 110 cm³/mol. The molecule has 1 aromatic heterocycles. The maximum Gasteiger partial charge on any atom is 0.265 e. The number of hydrogen-bond acceptors (Lipinski definition) is 6. The van der Waals surface area contributed by atoms with Gasteiger partial charge < -0.3 is 10.2 Å². The van der Waals surface area contributed by atoms with Crippen LogP contribution in [0.5, 0.6) is 0 Å². The van der Waals surface area contributed by atoms with E-state index in [0.29, 0.717) is 10.5 Å². The van der Waals surface area contributed by atoms with Crippen LogP contribution in [0.4, 0.5) is 5.69 Å². The third-order valence-corrected chi connectivity index (χ3v) is 6.38. The lowest BCUT2D eigenvalue weighted by Gasteiger charge is -2.12. The van der Waals surface area contributed by atoms with Crippen molar-refractivity contribution in [3.63, 3.8) is 0 Å². The zero-order valence-corrected chi connectivity index (χ0v) is 18.1. The molecule has 0 saturated heterocycles. The van der Waals surface area contributed by atoms with Crippen LogP contribution in [-0.4, -0.2) is 54.5 Å². The van der Waals surface area contributed by atoms with Gasteiger partial charge in [0.05, 0.1) is 20.6 Å². The van der Waals surface area contributed by atoms with Crippen molar-refractivity contribution in [3.05, 3.63) is 45.4 Å². The Morgan fingerprint density at radius 3 is 2.45 bits per heavy atom. The molecule has 0 aliphatic heterocycles. The van der Waals surface area contributed by atoms with Gasteiger partial charge in [-0.15, -0.1) is 5.10 Å². The van der Waals surface area contributed by atoms with Crippen LogP contribution in [0.2, 0.25) is 15.1 Å². The summed E-state index contributed by atoms with van der Waals surface area (Å²) in [6.07, 6.45) is 0. The molecular formula is C16H14Cl3N5O4S. The van der Waals surface area contributed by atoms with Gasteiger partial charge in [0.2, 0.25) is 10.0 Å². The number of sulfonamides is 1. The molecule has 154 valence electrons. The van der Waals surface area contributed by atoms with Gasteiger partial charge in [-0.1, -0.05) is 39.6 Å². The number of carbonyl (C=O) groups excluding carboxylic acids is 1. The second kappa shape index (κ2) is 8.33. The lowest BCUT2D eigenvalue weighted by molar-refractivity contribution is -0.121. The van der Waals surface area contributed by atoms with Crippen molar-refractivity contribution in [1.82, 2.24) is 19.5 Å². The number of anilines is 1. The molecule has 3 aromatic rings. The number of hydrogen-bond donors (Lipinski definition) is 1. The quantitative estimate of drug-likeness (QED) is 0.584. The molecule has 0 atom stereocenters. The van der Waals surface area contributed by atoms with Crippen molar-refractivity contribution < 1.29 is 18.0 Å². The van der Waals surface area contributed by atoms with Crippen molar-refractivity contribution in [2.75, 3.05) is 26.0 Å². The number of carbonyl (C=O) groups is 1. The highest BCUT2D eigenvalue weighted by Crippen LogP contribution is 2.33. The largest absolute Gasteiger partial charge is 0.385 e. The minimum atomic E-state index is -3.66. The SMILES string of the molecule is CN(C)S(=O)(=O)c1ccc2nnn(OCC(=O)Nc3c(Cl)cc(Cl)cc3Cl)c2c1. The molecule has 2 aromatic carbocycles. The number of amides is 1. The standard InChI is InChI=1S/C16H14Cl3N5O4S/c1-23(2)29(26,27)10-3-4-13-14(7-10)24(22-21-13)28-8-15(25)20-16-11(18)5-9(17)6-12(16)19/h3-7H,8H2,1-2H3,(H,20,25). The number of rotatable bonds is 6. The van der Waals surface area contributed by atoms with Crippen LogP contribution in [0.3, 0.4) is 0 Å². The lowest BCUT2D eigenvalue weighted by Crippen LogP contribution is -2.26. The zero-order chi connectivity index (χ0) is 21.3. The number of benzene rings is 2. The van der Waals surface area contributed by atoms with E-state index in [-0.39, 0.29) is 26.1 Å². The van der Waals surface area contributed by atoms with Crippen molar-refractivity contribution in [2.24, 2.45) is 0 Å². The Morgan fingerprint density at radius 1 is 1.17 bits per heavy atom. The molecule has 0 radical (unpaired) electrons. The molecule has 0 fully saturated rings. The summed E-state index contributed by atoms with van der Waals surface area (Å²) in [5, 5.41) is 10.8. The normalized spacial score (nSPS) is 11.8. The average molecular weight is 479 g/mol. The first-order valence-electron chi connectivity index (χ1n) is 7.95. The third kappa shape index (κ3) is 4.57. The first-order valence-corrected chi connectivity index (χ1v) is 10.5. The van der Waals surface area contributed by atoms with Crippen LogP contribution >= 0.6 is 34.8 Å². The number of fused-ring (bicyclic) bond motifs is 1. The van der Waals surface area contributed by atoms with E-state index in [0.717, 1.165) is 9.15 Å². The van der Waals surface area contributed by atoms with Gasteiger partial charge in [-0.2, -0.15) is 0 Å². The molecule has 0 aliphatic rings. The van der Waals surface area contributed by atoms with Gasteiger partial charge in [0.25, 0.3) is 5.91 Å². The van der Waals surface area contributed by atoms with E-state index in [2.05, 4.69) is 15.6 Å². The molecule has 1 heterocycles. The van der Waals surface area contributed by atoms with E-state index in [1.807, 2.05) is 0 Å². The van der Waals surface area contributed by atoms with Crippen LogP contribution in [0.15, 0.2) is 35.2 Å². The first-order chi connectivity index (χ1) is 13.6. The summed E-state index contributed by atoms with van der Waals surface area (Å²) < 4.78 is 25.7. The number of nitrogens with zero attached hydrogens (tertiary/aromatic N) is 4. The Morgan fingerprint density at radius 2 is 1.83 bits per heavy atom.